The average molecular weight is 274 g/mol. The van der Waals surface area contributed by atoms with Crippen molar-refractivity contribution in [2.24, 2.45) is 5.41 Å². The van der Waals surface area contributed by atoms with Gasteiger partial charge < -0.3 is 4.74 Å². The van der Waals surface area contributed by atoms with Crippen molar-refractivity contribution in [2.75, 3.05) is 0 Å². The molecule has 6 nitrogen and oxygen atoms in total. The number of ether oxygens (including phenoxy) is 1. The first kappa shape index (κ1) is 12.7. The molecule has 3 rings (SSSR count). The summed E-state index contributed by atoms with van der Waals surface area (Å²) in [5.74, 6) is -0.586. The second-order valence-electron chi connectivity index (χ2n) is 5.54. The summed E-state index contributed by atoms with van der Waals surface area (Å²) in [6.45, 7) is 3.36. The van der Waals surface area contributed by atoms with Crippen LogP contribution in [0.1, 0.15) is 19.4 Å². The van der Waals surface area contributed by atoms with Gasteiger partial charge in [0.25, 0.3) is 0 Å². The van der Waals surface area contributed by atoms with Crippen molar-refractivity contribution < 1.29 is 19.1 Å². The van der Waals surface area contributed by atoms with E-state index in [0.29, 0.717) is 5.75 Å². The van der Waals surface area contributed by atoms with Crippen molar-refractivity contribution in [3.8, 4) is 5.75 Å². The number of urea groups is 1. The average Bonchev–Trinajstić information content (AvgIpc) is 2.34. The number of hydrogen-bond donors (Lipinski definition) is 2. The number of barbiturate groups is 1. The van der Waals surface area contributed by atoms with E-state index in [1.54, 1.807) is 19.9 Å². The summed E-state index contributed by atoms with van der Waals surface area (Å²) in [6, 6.07) is 6.47. The van der Waals surface area contributed by atoms with E-state index in [2.05, 4.69) is 10.6 Å². The van der Waals surface area contributed by atoms with Crippen molar-refractivity contribution in [3.63, 3.8) is 0 Å². The lowest BCUT2D eigenvalue weighted by Crippen LogP contribution is -2.72. The van der Waals surface area contributed by atoms with Gasteiger partial charge in [-0.05, 0) is 25.5 Å². The van der Waals surface area contributed by atoms with Crippen LogP contribution in [0, 0.1) is 5.41 Å². The Hall–Kier alpha value is -2.37. The molecule has 2 aliphatic rings. The fourth-order valence-corrected chi connectivity index (χ4v) is 2.87. The molecule has 0 bridgehead atoms. The molecule has 0 aromatic heterocycles. The number of fused-ring (bicyclic) bond motifs is 1. The molecular weight excluding hydrogens is 260 g/mol. The number of hydrogen-bond acceptors (Lipinski definition) is 4. The minimum absolute atomic E-state index is 0.196. The van der Waals surface area contributed by atoms with Gasteiger partial charge in [-0.15, -0.1) is 0 Å². The van der Waals surface area contributed by atoms with Gasteiger partial charge in [-0.25, -0.2) is 4.79 Å². The van der Waals surface area contributed by atoms with Gasteiger partial charge in [0.05, 0.1) is 0 Å². The Balaban J connectivity index is 2.15. The molecule has 0 aliphatic carbocycles. The Kier molecular flexibility index (Phi) is 2.41. The van der Waals surface area contributed by atoms with E-state index in [-0.39, 0.29) is 6.42 Å². The monoisotopic (exact) mass is 274 g/mol. The van der Waals surface area contributed by atoms with Crippen LogP contribution < -0.4 is 15.4 Å². The lowest BCUT2D eigenvalue weighted by molar-refractivity contribution is -0.160. The molecule has 0 atom stereocenters. The third-order valence-corrected chi connectivity index (χ3v) is 4.05. The standard InChI is InChI=1S/C14H14N2O4/c1-13(2)14(10(17)15-12(19)16-11(14)18)7-8-5-3-4-6-9(8)20-13/h3-6H,7H2,1-2H3,(H2,15,16,17,18,19). The van der Waals surface area contributed by atoms with Gasteiger partial charge >= 0.3 is 6.03 Å². The van der Waals surface area contributed by atoms with Gasteiger partial charge in [-0.3, -0.25) is 20.2 Å². The normalized spacial score (nSPS) is 22.6. The summed E-state index contributed by atoms with van der Waals surface area (Å²) in [5, 5.41) is 4.33. The fraction of sp³-hybridized carbons (Fsp3) is 0.357. The highest BCUT2D eigenvalue weighted by molar-refractivity contribution is 6.20. The van der Waals surface area contributed by atoms with Crippen LogP contribution in [-0.2, 0) is 16.0 Å². The van der Waals surface area contributed by atoms with Gasteiger partial charge in [-0.1, -0.05) is 18.2 Å². The SMILES string of the molecule is CC1(C)Oc2ccccc2CC12C(=O)NC(=O)NC2=O. The molecule has 0 radical (unpaired) electrons. The molecule has 20 heavy (non-hydrogen) atoms. The van der Waals surface area contributed by atoms with Gasteiger partial charge in [0.1, 0.15) is 11.4 Å². The van der Waals surface area contributed by atoms with Crippen LogP contribution >= 0.6 is 0 Å². The van der Waals surface area contributed by atoms with E-state index in [0.717, 1.165) is 5.56 Å². The molecule has 1 saturated heterocycles. The Morgan fingerprint density at radius 3 is 2.30 bits per heavy atom. The number of benzene rings is 1. The van der Waals surface area contributed by atoms with E-state index in [1.807, 2.05) is 18.2 Å². The van der Waals surface area contributed by atoms with Crippen molar-refractivity contribution >= 4 is 17.8 Å². The molecule has 2 aliphatic heterocycles. The highest BCUT2D eigenvalue weighted by atomic mass is 16.5. The summed E-state index contributed by atoms with van der Waals surface area (Å²) in [7, 11) is 0. The zero-order valence-electron chi connectivity index (χ0n) is 11.1. The lowest BCUT2D eigenvalue weighted by atomic mass is 9.65. The molecular formula is C14H14N2O4. The van der Waals surface area contributed by atoms with E-state index >= 15 is 0 Å². The smallest absolute Gasteiger partial charge is 0.328 e. The largest absolute Gasteiger partial charge is 0.486 e. The highest BCUT2D eigenvalue weighted by Gasteiger charge is 2.63. The highest BCUT2D eigenvalue weighted by Crippen LogP contribution is 2.46. The minimum atomic E-state index is -1.45. The summed E-state index contributed by atoms with van der Waals surface area (Å²) in [4.78, 5) is 36.0. The lowest BCUT2D eigenvalue weighted by Gasteiger charge is -2.48. The number of imide groups is 2. The third-order valence-electron chi connectivity index (χ3n) is 4.05. The number of amides is 4. The minimum Gasteiger partial charge on any atom is -0.486 e. The summed E-state index contributed by atoms with van der Waals surface area (Å²) in [5.41, 5.74) is -1.74. The molecule has 1 fully saturated rings. The second kappa shape index (κ2) is 3.82. The second-order valence-corrected chi connectivity index (χ2v) is 5.54. The first-order valence-electron chi connectivity index (χ1n) is 6.31. The van der Waals surface area contributed by atoms with Gasteiger partial charge in [0.2, 0.25) is 11.8 Å². The van der Waals surface area contributed by atoms with Crippen LogP contribution in [-0.4, -0.2) is 23.4 Å². The molecule has 1 aromatic rings. The molecule has 0 saturated carbocycles. The molecule has 1 aromatic carbocycles. The van der Waals surface area contributed by atoms with Gasteiger partial charge in [-0.2, -0.15) is 0 Å². The van der Waals surface area contributed by atoms with Crippen LogP contribution in [0.5, 0.6) is 5.75 Å². The zero-order valence-corrected chi connectivity index (χ0v) is 11.1. The van der Waals surface area contributed by atoms with Crippen molar-refractivity contribution in [2.45, 2.75) is 25.9 Å². The van der Waals surface area contributed by atoms with E-state index in [9.17, 15) is 14.4 Å². The van der Waals surface area contributed by atoms with Crippen molar-refractivity contribution in [1.29, 1.82) is 0 Å². The maximum absolute atomic E-state index is 12.3. The predicted molar refractivity (Wildman–Crippen MR) is 69.0 cm³/mol. The van der Waals surface area contributed by atoms with Crippen molar-refractivity contribution in [1.82, 2.24) is 10.6 Å². The molecule has 6 heteroatoms. The van der Waals surface area contributed by atoms with E-state index in [4.69, 9.17) is 4.74 Å². The number of carbonyl (C=O) groups excluding carboxylic acids is 3. The molecule has 2 N–H and O–H groups in total. The summed E-state index contributed by atoms with van der Waals surface area (Å²) >= 11 is 0. The summed E-state index contributed by atoms with van der Waals surface area (Å²) < 4.78 is 5.86. The van der Waals surface area contributed by atoms with Crippen LogP contribution in [0.25, 0.3) is 0 Å². The van der Waals surface area contributed by atoms with Gasteiger partial charge in [0.15, 0.2) is 5.41 Å². The molecule has 104 valence electrons. The number of nitrogens with one attached hydrogen (secondary N) is 2. The van der Waals surface area contributed by atoms with E-state index in [1.165, 1.54) is 0 Å². The Labute approximate surface area is 115 Å². The topological polar surface area (TPSA) is 84.5 Å². The molecule has 1 spiro atoms. The fourth-order valence-electron chi connectivity index (χ4n) is 2.87. The van der Waals surface area contributed by atoms with Crippen LogP contribution in [0.3, 0.4) is 0 Å². The summed E-state index contributed by atoms with van der Waals surface area (Å²) in [6.07, 6.45) is 0.196. The van der Waals surface area contributed by atoms with Crippen LogP contribution in [0.15, 0.2) is 24.3 Å². The molecule has 0 unspecified atom stereocenters. The Bertz CT molecular complexity index is 616. The first-order valence-corrected chi connectivity index (χ1v) is 6.31. The maximum Gasteiger partial charge on any atom is 0.328 e. The van der Waals surface area contributed by atoms with Crippen LogP contribution in [0.2, 0.25) is 0 Å². The number of para-hydroxylation sites is 1. The first-order chi connectivity index (χ1) is 9.37. The Morgan fingerprint density at radius 2 is 1.65 bits per heavy atom. The van der Waals surface area contributed by atoms with E-state index < -0.39 is 28.9 Å². The number of rotatable bonds is 0. The predicted octanol–water partition coefficient (Wildman–Crippen LogP) is 0.752. The Morgan fingerprint density at radius 1 is 1.05 bits per heavy atom. The third kappa shape index (κ3) is 1.47. The maximum atomic E-state index is 12.3. The van der Waals surface area contributed by atoms with Crippen LogP contribution in [0.4, 0.5) is 4.79 Å². The quantitative estimate of drug-likeness (QED) is 0.684. The van der Waals surface area contributed by atoms with Gasteiger partial charge in [0, 0.05) is 6.42 Å². The zero-order chi connectivity index (χ0) is 14.5. The van der Waals surface area contributed by atoms with Crippen molar-refractivity contribution in [3.05, 3.63) is 29.8 Å². The molecule has 2 heterocycles. The molecule has 4 amide bonds. The number of carbonyl (C=O) groups is 3.